The van der Waals surface area contributed by atoms with Crippen molar-refractivity contribution in [2.75, 3.05) is 24.5 Å². The molecule has 2 aromatic heterocycles. The zero-order valence-electron chi connectivity index (χ0n) is 16.6. The molecule has 1 amide bonds. The number of hydrogen-bond donors (Lipinski definition) is 1. The summed E-state index contributed by atoms with van der Waals surface area (Å²) < 4.78 is 28.5. The van der Waals surface area contributed by atoms with Gasteiger partial charge in [0.05, 0.1) is 15.9 Å². The fourth-order valence-corrected chi connectivity index (χ4v) is 5.72. The van der Waals surface area contributed by atoms with Crippen LogP contribution in [0.2, 0.25) is 0 Å². The van der Waals surface area contributed by atoms with E-state index in [1.165, 1.54) is 10.9 Å². The second-order valence-corrected chi connectivity index (χ2v) is 9.42. The lowest BCUT2D eigenvalue weighted by atomic mass is 10.0. The first-order valence-electron chi connectivity index (χ1n) is 9.99. The highest BCUT2D eigenvalue weighted by atomic mass is 32.2. The second-order valence-electron chi connectivity index (χ2n) is 7.61. The lowest BCUT2D eigenvalue weighted by Crippen LogP contribution is -2.25. The average molecular weight is 423 g/mol. The predicted molar refractivity (Wildman–Crippen MR) is 116 cm³/mol. The number of pyridine rings is 1. The van der Waals surface area contributed by atoms with Crippen LogP contribution in [0.4, 0.5) is 5.69 Å². The largest absolute Gasteiger partial charge is 0.313 e. The molecule has 1 aromatic carbocycles. The molecule has 0 fully saturated rings. The Morgan fingerprint density at radius 3 is 2.83 bits per heavy atom. The molecule has 2 aliphatic heterocycles. The van der Waals surface area contributed by atoms with Gasteiger partial charge in [-0.25, -0.2) is 12.4 Å². The summed E-state index contributed by atoms with van der Waals surface area (Å²) in [5.41, 5.74) is 4.90. The molecule has 2 aliphatic rings. The molecule has 0 aliphatic carbocycles. The molecule has 0 bridgehead atoms. The van der Waals surface area contributed by atoms with E-state index in [1.54, 1.807) is 47.6 Å². The Bertz CT molecular complexity index is 1310. The molecule has 0 unspecified atom stereocenters. The van der Waals surface area contributed by atoms with Gasteiger partial charge in [-0.2, -0.15) is 0 Å². The van der Waals surface area contributed by atoms with Crippen molar-refractivity contribution in [1.82, 2.24) is 14.3 Å². The van der Waals surface area contributed by atoms with Crippen molar-refractivity contribution in [2.45, 2.75) is 24.7 Å². The zero-order valence-corrected chi connectivity index (χ0v) is 17.4. The van der Waals surface area contributed by atoms with Crippen LogP contribution < -0.4 is 10.2 Å². The molecule has 0 atom stereocenters. The van der Waals surface area contributed by atoms with Crippen LogP contribution in [0.3, 0.4) is 0 Å². The topological polar surface area (TPSA) is 84.3 Å². The third-order valence-electron chi connectivity index (χ3n) is 5.82. The van der Waals surface area contributed by atoms with E-state index in [-0.39, 0.29) is 10.8 Å². The predicted octanol–water partition coefficient (Wildman–Crippen LogP) is 2.56. The van der Waals surface area contributed by atoms with Gasteiger partial charge >= 0.3 is 0 Å². The first-order chi connectivity index (χ1) is 14.5. The van der Waals surface area contributed by atoms with Crippen molar-refractivity contribution in [3.63, 3.8) is 0 Å². The smallest absolute Gasteiger partial charge is 0.268 e. The molecule has 7 nitrogen and oxygen atoms in total. The van der Waals surface area contributed by atoms with Crippen molar-refractivity contribution in [3.05, 3.63) is 59.9 Å². The molecule has 0 saturated heterocycles. The van der Waals surface area contributed by atoms with Crippen LogP contribution in [0.1, 0.15) is 24.5 Å². The number of hydrogen-bond acceptors (Lipinski definition) is 5. The molecule has 8 heteroatoms. The van der Waals surface area contributed by atoms with Gasteiger partial charge in [0.25, 0.3) is 10.0 Å². The van der Waals surface area contributed by atoms with Crippen LogP contribution >= 0.6 is 0 Å². The molecular weight excluding hydrogens is 400 g/mol. The van der Waals surface area contributed by atoms with Gasteiger partial charge in [0.15, 0.2) is 0 Å². The Morgan fingerprint density at radius 2 is 2.07 bits per heavy atom. The van der Waals surface area contributed by atoms with E-state index in [4.69, 9.17) is 0 Å². The maximum Gasteiger partial charge on any atom is 0.268 e. The molecule has 5 rings (SSSR count). The maximum atomic E-state index is 13.6. The fourth-order valence-electron chi connectivity index (χ4n) is 4.31. The summed E-state index contributed by atoms with van der Waals surface area (Å²) in [6.07, 6.45) is 6.96. The van der Waals surface area contributed by atoms with Crippen LogP contribution in [0.5, 0.6) is 0 Å². The van der Waals surface area contributed by atoms with E-state index in [1.807, 2.05) is 0 Å². The number of carbonyl (C=O) groups is 1. The van der Waals surface area contributed by atoms with Gasteiger partial charge in [-0.15, -0.1) is 0 Å². The van der Waals surface area contributed by atoms with E-state index in [2.05, 4.69) is 16.4 Å². The number of fused-ring (bicyclic) bond motifs is 2. The van der Waals surface area contributed by atoms with Crippen LogP contribution in [0.15, 0.2) is 53.7 Å². The normalized spacial score (nSPS) is 16.6. The number of anilines is 1. The lowest BCUT2D eigenvalue weighted by Gasteiger charge is -2.15. The molecule has 1 N–H and O–H groups in total. The average Bonchev–Trinajstić information content (AvgIpc) is 3.36. The van der Waals surface area contributed by atoms with Crippen molar-refractivity contribution in [1.29, 1.82) is 0 Å². The molecule has 3 aromatic rings. The molecule has 4 heterocycles. The van der Waals surface area contributed by atoms with Crippen LogP contribution in [0, 0.1) is 0 Å². The Balaban J connectivity index is 1.64. The fraction of sp³-hybridized carbons (Fsp3) is 0.273. The van der Waals surface area contributed by atoms with Gasteiger partial charge in [0, 0.05) is 43.7 Å². The Kier molecular flexibility index (Phi) is 4.48. The van der Waals surface area contributed by atoms with Crippen molar-refractivity contribution < 1.29 is 13.2 Å². The highest BCUT2D eigenvalue weighted by Crippen LogP contribution is 2.34. The molecule has 30 heavy (non-hydrogen) atoms. The van der Waals surface area contributed by atoms with Gasteiger partial charge in [-0.3, -0.25) is 9.78 Å². The standard InChI is InChI=1S/C22H22N4O3S/c1-15(27)25-12-8-17-13-18(4-5-20(17)25)30(28,29)26-14-19(16-6-10-23-11-7-16)22-21(26)3-2-9-24-22/h2-6,9,13-14,23H,7-8,10-12H2,1H3. The van der Waals surface area contributed by atoms with E-state index in [0.29, 0.717) is 24.0 Å². The van der Waals surface area contributed by atoms with Gasteiger partial charge < -0.3 is 10.2 Å². The minimum atomic E-state index is -3.81. The summed E-state index contributed by atoms with van der Waals surface area (Å²) in [5, 5.41) is 3.28. The molecular formula is C22H22N4O3S. The SMILES string of the molecule is CC(=O)N1CCc2cc(S(=O)(=O)n3cc(C4=CCNCC4)c4ncccc43)ccc21. The Morgan fingerprint density at radius 1 is 1.20 bits per heavy atom. The number of amides is 1. The molecule has 0 saturated carbocycles. The number of benzene rings is 1. The summed E-state index contributed by atoms with van der Waals surface area (Å²) in [6.45, 7) is 3.72. The number of rotatable bonds is 3. The number of aromatic nitrogens is 2. The number of nitrogens with one attached hydrogen (secondary N) is 1. The molecule has 0 spiro atoms. The van der Waals surface area contributed by atoms with Crippen molar-refractivity contribution in [3.8, 4) is 0 Å². The molecule has 154 valence electrons. The van der Waals surface area contributed by atoms with Crippen LogP contribution in [-0.2, 0) is 21.2 Å². The highest BCUT2D eigenvalue weighted by Gasteiger charge is 2.27. The first kappa shape index (κ1) is 19.0. The van der Waals surface area contributed by atoms with E-state index in [0.717, 1.165) is 41.9 Å². The third-order valence-corrected chi connectivity index (χ3v) is 7.49. The first-order valence-corrected chi connectivity index (χ1v) is 11.4. The van der Waals surface area contributed by atoms with Gasteiger partial charge in [0.2, 0.25) is 5.91 Å². The zero-order chi connectivity index (χ0) is 20.9. The minimum absolute atomic E-state index is 0.0354. The van der Waals surface area contributed by atoms with Gasteiger partial charge in [-0.05, 0) is 60.9 Å². The minimum Gasteiger partial charge on any atom is -0.313 e. The number of carbonyl (C=O) groups excluding carboxylic acids is 1. The van der Waals surface area contributed by atoms with Crippen LogP contribution in [-0.4, -0.2) is 42.9 Å². The lowest BCUT2D eigenvalue weighted by molar-refractivity contribution is -0.116. The highest BCUT2D eigenvalue weighted by molar-refractivity contribution is 7.90. The van der Waals surface area contributed by atoms with Crippen LogP contribution in [0.25, 0.3) is 16.6 Å². The van der Waals surface area contributed by atoms with Crippen molar-refractivity contribution >= 4 is 38.2 Å². The third kappa shape index (κ3) is 2.95. The van der Waals surface area contributed by atoms with Gasteiger partial charge in [-0.1, -0.05) is 6.08 Å². The summed E-state index contributed by atoms with van der Waals surface area (Å²) in [4.78, 5) is 18.2. The number of nitrogens with zero attached hydrogens (tertiary/aromatic N) is 3. The Hall–Kier alpha value is -2.97. The van der Waals surface area contributed by atoms with E-state index >= 15 is 0 Å². The van der Waals surface area contributed by atoms with E-state index < -0.39 is 10.0 Å². The quantitative estimate of drug-likeness (QED) is 0.701. The van der Waals surface area contributed by atoms with E-state index in [9.17, 15) is 13.2 Å². The summed E-state index contributed by atoms with van der Waals surface area (Å²) >= 11 is 0. The van der Waals surface area contributed by atoms with Crippen molar-refractivity contribution in [2.24, 2.45) is 0 Å². The monoisotopic (exact) mass is 422 g/mol. The maximum absolute atomic E-state index is 13.6. The summed E-state index contributed by atoms with van der Waals surface area (Å²) in [5.74, 6) is -0.0354. The Labute approximate surface area is 175 Å². The molecule has 0 radical (unpaired) electrons. The summed E-state index contributed by atoms with van der Waals surface area (Å²) in [7, 11) is -3.81. The van der Waals surface area contributed by atoms with Gasteiger partial charge in [0.1, 0.15) is 0 Å². The summed E-state index contributed by atoms with van der Waals surface area (Å²) in [6, 6.07) is 8.55. The second kappa shape index (κ2) is 7.07.